The maximum Gasteiger partial charge on any atom is 0.164 e. The molecule has 7 aromatic carbocycles. The molecule has 11 rings (SSSR count). The van der Waals surface area contributed by atoms with Gasteiger partial charge in [0.25, 0.3) is 0 Å². The number of rotatable bonds is 2. The molecular weight excluding hydrogens is 599 g/mol. The summed E-state index contributed by atoms with van der Waals surface area (Å²) in [5.41, 5.74) is 11.3. The lowest BCUT2D eigenvalue weighted by atomic mass is 9.61. The molecule has 0 fully saturated rings. The van der Waals surface area contributed by atoms with Gasteiger partial charge >= 0.3 is 0 Å². The Labute approximate surface area is 282 Å². The third-order valence-electron chi connectivity index (χ3n) is 10.5. The number of hydrogen-bond donors (Lipinski definition) is 0. The van der Waals surface area contributed by atoms with Gasteiger partial charge in [0.1, 0.15) is 11.5 Å². The van der Waals surface area contributed by atoms with E-state index in [1.165, 1.54) is 38.6 Å². The van der Waals surface area contributed by atoms with Crippen molar-refractivity contribution in [3.63, 3.8) is 0 Å². The fourth-order valence-corrected chi connectivity index (χ4v) is 8.53. The number of fused-ring (bicyclic) bond motifs is 12. The van der Waals surface area contributed by atoms with E-state index in [2.05, 4.69) is 150 Å². The van der Waals surface area contributed by atoms with Gasteiger partial charge < -0.3 is 9.30 Å². The maximum absolute atomic E-state index is 7.02. The number of para-hydroxylation sites is 6. The van der Waals surface area contributed by atoms with Gasteiger partial charge in [-0.3, -0.25) is 0 Å². The molecule has 0 saturated heterocycles. The van der Waals surface area contributed by atoms with Gasteiger partial charge in [-0.15, -0.1) is 0 Å². The first-order valence-corrected chi connectivity index (χ1v) is 16.7. The summed E-state index contributed by atoms with van der Waals surface area (Å²) in [5, 5.41) is 3.51. The first-order valence-electron chi connectivity index (χ1n) is 16.7. The van der Waals surface area contributed by atoms with E-state index >= 15 is 0 Å². The van der Waals surface area contributed by atoms with Crippen LogP contribution in [0.4, 0.5) is 0 Å². The monoisotopic (exact) mass is 625 g/mol. The van der Waals surface area contributed by atoms with Crippen LogP contribution in [0.5, 0.6) is 11.5 Å². The lowest BCUT2D eigenvalue weighted by Crippen LogP contribution is -2.38. The number of nitrogens with zero attached hydrogens (tertiary/aromatic N) is 3. The van der Waals surface area contributed by atoms with Crippen molar-refractivity contribution in [2.24, 2.45) is 0 Å². The van der Waals surface area contributed by atoms with Crippen LogP contribution in [-0.4, -0.2) is 14.5 Å². The van der Waals surface area contributed by atoms with Gasteiger partial charge in [-0.1, -0.05) is 133 Å². The molecule has 0 bridgehead atoms. The third-order valence-corrected chi connectivity index (χ3v) is 10.5. The van der Waals surface area contributed by atoms with Crippen molar-refractivity contribution >= 4 is 32.7 Å². The number of aromatic nitrogens is 3. The van der Waals surface area contributed by atoms with Crippen LogP contribution in [-0.2, 0) is 5.41 Å². The Balaban J connectivity index is 1.28. The summed E-state index contributed by atoms with van der Waals surface area (Å²) < 4.78 is 9.48. The van der Waals surface area contributed by atoms with Crippen LogP contribution in [0.25, 0.3) is 61.0 Å². The molecular formula is C45H27N3O. The van der Waals surface area contributed by atoms with E-state index in [1.54, 1.807) is 0 Å². The van der Waals surface area contributed by atoms with E-state index in [9.17, 15) is 0 Å². The number of benzene rings is 7. The molecule has 9 aromatic rings. The topological polar surface area (TPSA) is 39.9 Å². The summed E-state index contributed by atoms with van der Waals surface area (Å²) in [6.07, 6.45) is 0. The Morgan fingerprint density at radius 2 is 1.16 bits per heavy atom. The minimum atomic E-state index is -0.653. The number of hydrogen-bond acceptors (Lipinski definition) is 3. The molecule has 0 amide bonds. The highest BCUT2D eigenvalue weighted by Crippen LogP contribution is 2.61. The van der Waals surface area contributed by atoms with Crippen LogP contribution in [0.2, 0.25) is 0 Å². The maximum atomic E-state index is 7.02. The Hall–Kier alpha value is -6.52. The molecule has 2 aliphatic heterocycles. The second-order valence-corrected chi connectivity index (χ2v) is 12.9. The van der Waals surface area contributed by atoms with Crippen molar-refractivity contribution in [3.05, 3.63) is 186 Å². The quantitative estimate of drug-likeness (QED) is 0.192. The average Bonchev–Trinajstić information content (AvgIpc) is 3.51. The fraction of sp³-hybridized carbons (Fsp3) is 0.0222. The van der Waals surface area contributed by atoms with Gasteiger partial charge in [-0.05, 0) is 41.5 Å². The van der Waals surface area contributed by atoms with Crippen LogP contribution in [0.1, 0.15) is 22.3 Å². The van der Waals surface area contributed by atoms with Crippen molar-refractivity contribution in [2.45, 2.75) is 5.41 Å². The molecule has 0 aliphatic carbocycles. The van der Waals surface area contributed by atoms with Crippen molar-refractivity contribution in [3.8, 4) is 39.8 Å². The zero-order valence-electron chi connectivity index (χ0n) is 26.3. The Morgan fingerprint density at radius 1 is 0.490 bits per heavy atom. The molecule has 4 heteroatoms. The Morgan fingerprint density at radius 3 is 2.08 bits per heavy atom. The van der Waals surface area contributed by atoms with Crippen LogP contribution < -0.4 is 4.74 Å². The molecule has 4 heterocycles. The van der Waals surface area contributed by atoms with Crippen LogP contribution >= 0.6 is 0 Å². The summed E-state index contributed by atoms with van der Waals surface area (Å²) in [6.45, 7) is 0. The predicted octanol–water partition coefficient (Wildman–Crippen LogP) is 10.9. The Bertz CT molecular complexity index is 2820. The molecule has 0 radical (unpaired) electrons. The predicted molar refractivity (Wildman–Crippen MR) is 197 cm³/mol. The van der Waals surface area contributed by atoms with E-state index in [-0.39, 0.29) is 0 Å². The largest absolute Gasteiger partial charge is 0.456 e. The highest BCUT2D eigenvalue weighted by Gasteiger charge is 2.50. The van der Waals surface area contributed by atoms with E-state index in [0.717, 1.165) is 50.3 Å². The zero-order chi connectivity index (χ0) is 32.1. The van der Waals surface area contributed by atoms with Gasteiger partial charge in [0.05, 0.1) is 38.9 Å². The Kier molecular flexibility index (Phi) is 5.28. The summed E-state index contributed by atoms with van der Waals surface area (Å²) >= 11 is 0. The summed E-state index contributed by atoms with van der Waals surface area (Å²) in [4.78, 5) is 10.5. The minimum absolute atomic E-state index is 0.639. The molecule has 2 aromatic heterocycles. The molecule has 228 valence electrons. The minimum Gasteiger partial charge on any atom is -0.456 e. The molecule has 4 nitrogen and oxygen atoms in total. The van der Waals surface area contributed by atoms with Crippen LogP contribution in [0.3, 0.4) is 0 Å². The molecule has 49 heavy (non-hydrogen) atoms. The normalized spacial score (nSPS) is 15.6. The van der Waals surface area contributed by atoms with E-state index in [4.69, 9.17) is 14.7 Å². The molecule has 2 aliphatic rings. The molecule has 0 N–H and O–H groups in total. The highest BCUT2D eigenvalue weighted by molar-refractivity contribution is 6.12. The lowest BCUT2D eigenvalue weighted by Gasteiger charge is -2.45. The van der Waals surface area contributed by atoms with Crippen LogP contribution in [0, 0.1) is 0 Å². The summed E-state index contributed by atoms with van der Waals surface area (Å²) in [7, 11) is 0. The van der Waals surface area contributed by atoms with Gasteiger partial charge in [0.15, 0.2) is 5.82 Å². The standard InChI is InChI=1S/C45H27N3O/c1-2-14-28(15-3-1)41-31-17-4-8-24-37(31)46-44(47-41)32-19-13-23-36-43(32)49-40-27-11-7-21-34(40)45(36)33-20-6-10-26-39(33)48-38-25-9-5-16-29(38)30-18-12-22-35(45)42(30)48/h1-27H. The second-order valence-electron chi connectivity index (χ2n) is 12.9. The van der Waals surface area contributed by atoms with Gasteiger partial charge in [0, 0.05) is 32.8 Å². The second kappa shape index (κ2) is 9.75. The summed E-state index contributed by atoms with van der Waals surface area (Å²) in [5.74, 6) is 2.26. The van der Waals surface area contributed by atoms with Crippen molar-refractivity contribution in [1.29, 1.82) is 0 Å². The average molecular weight is 626 g/mol. The first kappa shape index (κ1) is 26.5. The molecule has 0 saturated carbocycles. The zero-order valence-corrected chi connectivity index (χ0v) is 26.3. The van der Waals surface area contributed by atoms with Crippen molar-refractivity contribution in [1.82, 2.24) is 14.5 Å². The first-order chi connectivity index (χ1) is 24.3. The van der Waals surface area contributed by atoms with Crippen molar-refractivity contribution < 1.29 is 4.74 Å². The van der Waals surface area contributed by atoms with E-state index < -0.39 is 5.41 Å². The van der Waals surface area contributed by atoms with E-state index in [0.29, 0.717) is 5.82 Å². The van der Waals surface area contributed by atoms with E-state index in [1.807, 2.05) is 18.2 Å². The fourth-order valence-electron chi connectivity index (χ4n) is 8.53. The summed E-state index contributed by atoms with van der Waals surface area (Å²) in [6, 6.07) is 58.0. The smallest absolute Gasteiger partial charge is 0.164 e. The molecule has 1 unspecified atom stereocenters. The van der Waals surface area contributed by atoms with Crippen molar-refractivity contribution in [2.75, 3.05) is 0 Å². The lowest BCUT2D eigenvalue weighted by molar-refractivity contribution is 0.435. The van der Waals surface area contributed by atoms with Gasteiger partial charge in [-0.25, -0.2) is 9.97 Å². The molecule has 1 atom stereocenters. The van der Waals surface area contributed by atoms with Gasteiger partial charge in [0.2, 0.25) is 0 Å². The van der Waals surface area contributed by atoms with Crippen LogP contribution in [0.15, 0.2) is 164 Å². The molecule has 1 spiro atoms. The third kappa shape index (κ3) is 3.42. The highest BCUT2D eigenvalue weighted by atomic mass is 16.5. The van der Waals surface area contributed by atoms with Gasteiger partial charge in [-0.2, -0.15) is 0 Å². The SMILES string of the molecule is c1ccc(-c2nc(-c3cccc4c3Oc3ccccc3C43c4ccccc4-n4c5ccccc5c5cccc3c54)nc3ccccc23)cc1. The number of ether oxygens (including phenoxy) is 1.